The first-order chi connectivity index (χ1) is 8.45. The first-order valence-electron chi connectivity index (χ1n) is 5.04. The van der Waals surface area contributed by atoms with Gasteiger partial charge >= 0.3 is 5.69 Å². The van der Waals surface area contributed by atoms with Crippen molar-refractivity contribution < 1.29 is 19.3 Å². The molecule has 2 rings (SSSR count). The van der Waals surface area contributed by atoms with Crippen LogP contribution in [0.15, 0.2) is 15.8 Å². The molecule has 0 aliphatic carbocycles. The van der Waals surface area contributed by atoms with Gasteiger partial charge in [-0.1, -0.05) is 22.6 Å². The quantitative estimate of drug-likeness (QED) is 0.444. The molecule has 3 N–H and O–H groups in total. The Morgan fingerprint density at radius 3 is 2.67 bits per heavy atom. The lowest BCUT2D eigenvalue weighted by Gasteiger charge is -2.16. The van der Waals surface area contributed by atoms with E-state index in [1.54, 1.807) is 4.98 Å². The maximum Gasteiger partial charge on any atom is 0.330 e. The summed E-state index contributed by atoms with van der Waals surface area (Å²) in [4.78, 5) is 24.1. The standard InChI is InChI=1S/C9H10FIN2O5/c10-3-2-13(9(17)12-7(3)16)8-6(15)5(14)4(1-11)18-8/h2,4-6,8,14-15H,1H2,(H,12,16,17)/t4-,5-,6-,8?/m1/s1. The monoisotopic (exact) mass is 372 g/mol. The molecule has 0 spiro atoms. The summed E-state index contributed by atoms with van der Waals surface area (Å²) in [5, 5.41) is 19.4. The summed E-state index contributed by atoms with van der Waals surface area (Å²) in [6.07, 6.45) is -3.77. The van der Waals surface area contributed by atoms with Crippen LogP contribution in [0.3, 0.4) is 0 Å². The number of aromatic amines is 1. The van der Waals surface area contributed by atoms with Gasteiger partial charge in [0, 0.05) is 4.43 Å². The van der Waals surface area contributed by atoms with Crippen molar-refractivity contribution in [1.29, 1.82) is 0 Å². The molecule has 2 heterocycles. The number of H-pyrrole nitrogens is 1. The fraction of sp³-hybridized carbons (Fsp3) is 0.556. The van der Waals surface area contributed by atoms with Crippen LogP contribution >= 0.6 is 22.6 Å². The highest BCUT2D eigenvalue weighted by atomic mass is 127. The molecule has 1 aliphatic rings. The molecule has 9 heteroatoms. The summed E-state index contributed by atoms with van der Waals surface area (Å²) in [7, 11) is 0. The van der Waals surface area contributed by atoms with Crippen LogP contribution in [0.2, 0.25) is 0 Å². The van der Waals surface area contributed by atoms with Crippen molar-refractivity contribution >= 4 is 22.6 Å². The van der Waals surface area contributed by atoms with Gasteiger partial charge in [0.2, 0.25) is 5.82 Å². The zero-order valence-corrected chi connectivity index (χ0v) is 11.1. The second-order valence-electron chi connectivity index (χ2n) is 3.84. The Balaban J connectivity index is 2.42. The zero-order valence-electron chi connectivity index (χ0n) is 8.92. The topological polar surface area (TPSA) is 105 Å². The molecule has 0 amide bonds. The van der Waals surface area contributed by atoms with Crippen LogP contribution in [0.4, 0.5) is 4.39 Å². The van der Waals surface area contributed by atoms with Gasteiger partial charge < -0.3 is 14.9 Å². The number of ether oxygens (including phenoxy) is 1. The number of aliphatic hydroxyl groups excluding tert-OH is 2. The zero-order chi connectivity index (χ0) is 13.4. The number of halogens is 2. The molecule has 7 nitrogen and oxygen atoms in total. The Kier molecular flexibility index (Phi) is 3.84. The molecule has 1 aliphatic heterocycles. The Labute approximate surface area is 113 Å². The minimum Gasteiger partial charge on any atom is -0.387 e. The van der Waals surface area contributed by atoms with Crippen LogP contribution in [0.5, 0.6) is 0 Å². The van der Waals surface area contributed by atoms with Crippen LogP contribution in [0.25, 0.3) is 0 Å². The lowest BCUT2D eigenvalue weighted by Crippen LogP contribution is -2.38. The molecule has 1 unspecified atom stereocenters. The summed E-state index contributed by atoms with van der Waals surface area (Å²) in [6, 6.07) is 0. The molecule has 0 aromatic carbocycles. The van der Waals surface area contributed by atoms with Crippen molar-refractivity contribution in [1.82, 2.24) is 9.55 Å². The number of hydrogen-bond donors (Lipinski definition) is 3. The highest BCUT2D eigenvalue weighted by Gasteiger charge is 2.43. The predicted octanol–water partition coefficient (Wildman–Crippen LogP) is -1.27. The molecule has 18 heavy (non-hydrogen) atoms. The van der Waals surface area contributed by atoms with Gasteiger partial charge in [-0.3, -0.25) is 14.3 Å². The normalized spacial score (nSPS) is 31.8. The number of nitrogens with zero attached hydrogens (tertiary/aromatic N) is 1. The Hall–Kier alpha value is -0.780. The third-order valence-corrected chi connectivity index (χ3v) is 3.56. The van der Waals surface area contributed by atoms with Crippen LogP contribution in [0.1, 0.15) is 6.23 Å². The van der Waals surface area contributed by atoms with Crippen molar-refractivity contribution in [2.45, 2.75) is 24.5 Å². The van der Waals surface area contributed by atoms with Gasteiger partial charge in [0.15, 0.2) is 6.23 Å². The average molecular weight is 372 g/mol. The molecular weight excluding hydrogens is 362 g/mol. The van der Waals surface area contributed by atoms with Crippen molar-refractivity contribution in [2.75, 3.05) is 4.43 Å². The van der Waals surface area contributed by atoms with Crippen molar-refractivity contribution in [3.05, 3.63) is 32.9 Å². The third-order valence-electron chi connectivity index (χ3n) is 2.69. The number of alkyl halides is 1. The number of aliphatic hydroxyl groups is 2. The maximum absolute atomic E-state index is 13.1. The Morgan fingerprint density at radius 2 is 2.11 bits per heavy atom. The Morgan fingerprint density at radius 1 is 1.44 bits per heavy atom. The van der Waals surface area contributed by atoms with E-state index in [1.807, 2.05) is 22.6 Å². The van der Waals surface area contributed by atoms with E-state index in [-0.39, 0.29) is 0 Å². The minimum atomic E-state index is -1.37. The molecule has 1 aromatic heterocycles. The van der Waals surface area contributed by atoms with Crippen LogP contribution in [-0.2, 0) is 4.74 Å². The molecule has 1 fully saturated rings. The second-order valence-corrected chi connectivity index (χ2v) is 4.72. The van der Waals surface area contributed by atoms with Gasteiger partial charge in [0.05, 0.1) is 12.3 Å². The van der Waals surface area contributed by atoms with Gasteiger partial charge in [-0.05, 0) is 0 Å². The smallest absolute Gasteiger partial charge is 0.330 e. The number of aromatic nitrogens is 2. The number of hydrogen-bond acceptors (Lipinski definition) is 5. The van der Waals surface area contributed by atoms with Gasteiger partial charge in [0.1, 0.15) is 12.2 Å². The fourth-order valence-electron chi connectivity index (χ4n) is 1.74. The minimum absolute atomic E-state index is 0.396. The summed E-state index contributed by atoms with van der Waals surface area (Å²) in [5.74, 6) is -1.17. The lowest BCUT2D eigenvalue weighted by atomic mass is 10.1. The molecule has 1 saturated heterocycles. The van der Waals surface area contributed by atoms with Crippen LogP contribution in [-0.4, -0.2) is 42.5 Å². The van der Waals surface area contributed by atoms with Crippen molar-refractivity contribution in [2.24, 2.45) is 0 Å². The first-order valence-corrected chi connectivity index (χ1v) is 6.56. The van der Waals surface area contributed by atoms with E-state index in [1.165, 1.54) is 0 Å². The molecular formula is C9H10FIN2O5. The third kappa shape index (κ3) is 2.22. The fourth-order valence-corrected chi connectivity index (χ4v) is 2.46. The summed E-state index contributed by atoms with van der Waals surface area (Å²) in [6.45, 7) is 0. The molecule has 0 saturated carbocycles. The van der Waals surface area contributed by atoms with E-state index in [2.05, 4.69) is 0 Å². The highest BCUT2D eigenvalue weighted by Crippen LogP contribution is 2.29. The number of nitrogens with one attached hydrogen (secondary N) is 1. The average Bonchev–Trinajstić information content (AvgIpc) is 2.61. The van der Waals surface area contributed by atoms with Crippen LogP contribution < -0.4 is 11.2 Å². The van der Waals surface area contributed by atoms with E-state index in [9.17, 15) is 24.2 Å². The lowest BCUT2D eigenvalue weighted by molar-refractivity contribution is -0.0340. The predicted molar refractivity (Wildman–Crippen MR) is 66.1 cm³/mol. The first kappa shape index (κ1) is 13.6. The van der Waals surface area contributed by atoms with E-state index in [0.717, 1.165) is 4.57 Å². The van der Waals surface area contributed by atoms with E-state index in [4.69, 9.17) is 4.74 Å². The van der Waals surface area contributed by atoms with E-state index >= 15 is 0 Å². The number of rotatable bonds is 2. The highest BCUT2D eigenvalue weighted by molar-refractivity contribution is 14.1. The molecule has 1 aromatic rings. The van der Waals surface area contributed by atoms with Gasteiger partial charge in [-0.15, -0.1) is 0 Å². The molecule has 0 radical (unpaired) electrons. The largest absolute Gasteiger partial charge is 0.387 e. The van der Waals surface area contributed by atoms with Crippen LogP contribution in [0, 0.1) is 5.82 Å². The summed E-state index contributed by atoms with van der Waals surface area (Å²) in [5.41, 5.74) is -2.05. The summed E-state index contributed by atoms with van der Waals surface area (Å²) < 4.78 is 19.5. The maximum atomic E-state index is 13.1. The molecule has 4 atom stereocenters. The van der Waals surface area contributed by atoms with Gasteiger partial charge in [-0.25, -0.2) is 4.79 Å². The van der Waals surface area contributed by atoms with E-state index < -0.39 is 41.6 Å². The van der Waals surface area contributed by atoms with E-state index in [0.29, 0.717) is 10.6 Å². The molecule has 0 bridgehead atoms. The van der Waals surface area contributed by atoms with Gasteiger partial charge in [0.25, 0.3) is 5.56 Å². The SMILES string of the molecule is O=c1[nH]c(=O)n(C2O[C@H](CI)[C@@H](O)[C@H]2O)cc1F. The van der Waals surface area contributed by atoms with Crippen molar-refractivity contribution in [3.8, 4) is 0 Å². The second kappa shape index (κ2) is 5.07. The van der Waals surface area contributed by atoms with Crippen molar-refractivity contribution in [3.63, 3.8) is 0 Å². The Bertz CT molecular complexity index is 559. The molecule has 100 valence electrons. The van der Waals surface area contributed by atoms with Gasteiger partial charge in [-0.2, -0.15) is 4.39 Å². The summed E-state index contributed by atoms with van der Waals surface area (Å²) >= 11 is 1.95.